The van der Waals surface area contributed by atoms with E-state index < -0.39 is 0 Å². The number of hydrogen-bond donors (Lipinski definition) is 0. The normalized spacial score (nSPS) is 42.1. The van der Waals surface area contributed by atoms with Gasteiger partial charge in [0.05, 0.1) is 11.6 Å². The van der Waals surface area contributed by atoms with Crippen LogP contribution in [0.15, 0.2) is 16.8 Å². The highest BCUT2D eigenvalue weighted by molar-refractivity contribution is 6.03. The number of rotatable bonds is 0. The topological polar surface area (TPSA) is 15.4 Å². The van der Waals surface area contributed by atoms with Gasteiger partial charge in [0.1, 0.15) is 5.54 Å². The van der Waals surface area contributed by atoms with Crippen LogP contribution in [0.4, 0.5) is 0 Å². The molecule has 1 spiro atoms. The third-order valence-corrected chi connectivity index (χ3v) is 5.94. The molecule has 3 unspecified atom stereocenters. The monoisotopic (exact) mass is 272 g/mol. The molecule has 0 aromatic carbocycles. The van der Waals surface area contributed by atoms with Crippen molar-refractivity contribution in [1.29, 1.82) is 0 Å². The van der Waals surface area contributed by atoms with E-state index in [0.717, 1.165) is 0 Å². The molecule has 4 rings (SSSR count). The highest BCUT2D eigenvalue weighted by Gasteiger charge is 2.82. The van der Waals surface area contributed by atoms with E-state index in [0.29, 0.717) is 11.6 Å². The fourth-order valence-corrected chi connectivity index (χ4v) is 5.07. The fourth-order valence-electron chi connectivity index (χ4n) is 5.07. The number of hydrogen-bond acceptors (Lipinski definition) is 2. The number of allylic oxidation sites excluding steroid dienone is 1. The molecule has 2 fully saturated rings. The molecule has 0 amide bonds. The maximum atomic E-state index is 5.36. The summed E-state index contributed by atoms with van der Waals surface area (Å²) in [5, 5.41) is 0. The molecule has 1 saturated carbocycles. The van der Waals surface area contributed by atoms with E-state index in [2.05, 4.69) is 52.5 Å². The van der Waals surface area contributed by atoms with Crippen molar-refractivity contribution >= 4 is 5.71 Å². The molecule has 4 aliphatic rings. The van der Waals surface area contributed by atoms with Crippen molar-refractivity contribution in [2.75, 3.05) is 0 Å². The predicted octanol–water partition coefficient (Wildman–Crippen LogP) is 4.17. The second kappa shape index (κ2) is 3.18. The smallest absolute Gasteiger partial charge is 0.106 e. The molecular weight excluding hydrogens is 244 g/mol. The SMILES string of the molecule is CC(C)(C)C1=CC23CCCCC24C(C(C(C)(C)C)=N3)N14. The van der Waals surface area contributed by atoms with Gasteiger partial charge in [-0.25, -0.2) is 0 Å². The zero-order valence-electron chi connectivity index (χ0n) is 13.9. The average Bonchev–Trinajstić information content (AvgIpc) is 2.73. The Hall–Kier alpha value is -0.790. The van der Waals surface area contributed by atoms with Gasteiger partial charge in [-0.05, 0) is 18.9 Å². The van der Waals surface area contributed by atoms with Gasteiger partial charge in [-0.2, -0.15) is 0 Å². The van der Waals surface area contributed by atoms with E-state index in [-0.39, 0.29) is 16.4 Å². The first kappa shape index (κ1) is 12.9. The Morgan fingerprint density at radius 3 is 2.25 bits per heavy atom. The second-order valence-electron chi connectivity index (χ2n) is 9.35. The van der Waals surface area contributed by atoms with Crippen molar-refractivity contribution in [3.63, 3.8) is 0 Å². The molecule has 0 bridgehead atoms. The minimum Gasteiger partial charge on any atom is -0.353 e. The molecule has 1 saturated heterocycles. The van der Waals surface area contributed by atoms with Gasteiger partial charge in [0, 0.05) is 22.2 Å². The first-order valence-corrected chi connectivity index (χ1v) is 8.26. The third-order valence-electron chi connectivity index (χ3n) is 5.94. The molecule has 0 N–H and O–H groups in total. The number of aliphatic imine (C=N–C) groups is 1. The molecule has 0 radical (unpaired) electrons. The van der Waals surface area contributed by atoms with E-state index in [1.165, 1.54) is 31.4 Å². The Morgan fingerprint density at radius 2 is 1.70 bits per heavy atom. The lowest BCUT2D eigenvalue weighted by Gasteiger charge is -2.34. The van der Waals surface area contributed by atoms with Crippen LogP contribution in [-0.2, 0) is 0 Å². The molecule has 2 heteroatoms. The van der Waals surface area contributed by atoms with Gasteiger partial charge in [0.2, 0.25) is 0 Å². The van der Waals surface area contributed by atoms with Crippen molar-refractivity contribution in [1.82, 2.24) is 4.90 Å². The first-order chi connectivity index (χ1) is 9.14. The Balaban J connectivity index is 1.86. The summed E-state index contributed by atoms with van der Waals surface area (Å²) in [7, 11) is 0. The summed E-state index contributed by atoms with van der Waals surface area (Å²) in [4.78, 5) is 8.12. The quantitative estimate of drug-likeness (QED) is 0.604. The number of nitrogens with zero attached hydrogens (tertiary/aromatic N) is 2. The molecule has 2 nitrogen and oxygen atoms in total. The van der Waals surface area contributed by atoms with Gasteiger partial charge in [0.15, 0.2) is 0 Å². The summed E-state index contributed by atoms with van der Waals surface area (Å²) in [5.41, 5.74) is 3.96. The summed E-state index contributed by atoms with van der Waals surface area (Å²) in [6.45, 7) is 14.1. The van der Waals surface area contributed by atoms with Gasteiger partial charge in [-0.15, -0.1) is 0 Å². The summed E-state index contributed by atoms with van der Waals surface area (Å²) in [5.74, 6) is 0. The second-order valence-corrected chi connectivity index (χ2v) is 9.35. The standard InChI is InChI=1S/C18H28N2/c1-15(2,3)12-11-17-9-7-8-10-18(17)14(20(12)18)13(19-17)16(4,5)6/h11,14H,7-10H2,1-6H3. The van der Waals surface area contributed by atoms with Crippen LogP contribution >= 0.6 is 0 Å². The van der Waals surface area contributed by atoms with E-state index in [9.17, 15) is 0 Å². The summed E-state index contributed by atoms with van der Waals surface area (Å²) in [6, 6.07) is 0.613. The zero-order valence-corrected chi connectivity index (χ0v) is 13.9. The highest BCUT2D eigenvalue weighted by Crippen LogP contribution is 2.71. The van der Waals surface area contributed by atoms with Crippen LogP contribution in [0, 0.1) is 10.8 Å². The van der Waals surface area contributed by atoms with E-state index in [1.807, 2.05) is 0 Å². The van der Waals surface area contributed by atoms with Gasteiger partial charge in [-0.1, -0.05) is 54.4 Å². The molecule has 0 aromatic heterocycles. The van der Waals surface area contributed by atoms with Crippen LogP contribution in [0.5, 0.6) is 0 Å². The van der Waals surface area contributed by atoms with Crippen LogP contribution in [-0.4, -0.2) is 27.7 Å². The number of fused-ring (bicyclic) bond motifs is 1. The summed E-state index contributed by atoms with van der Waals surface area (Å²) >= 11 is 0. The average molecular weight is 272 g/mol. The molecule has 0 aromatic rings. The highest BCUT2D eigenvalue weighted by atomic mass is 15.5. The molecule has 110 valence electrons. The lowest BCUT2D eigenvalue weighted by Crippen LogP contribution is -2.43. The Kier molecular flexibility index (Phi) is 2.05. The minimum absolute atomic E-state index is 0.126. The molecule has 3 atom stereocenters. The zero-order chi connectivity index (χ0) is 14.6. The minimum atomic E-state index is 0.126. The summed E-state index contributed by atoms with van der Waals surface area (Å²) in [6.07, 6.45) is 7.89. The van der Waals surface area contributed by atoms with Gasteiger partial charge >= 0.3 is 0 Å². The molecule has 20 heavy (non-hydrogen) atoms. The molecule has 1 aliphatic carbocycles. The van der Waals surface area contributed by atoms with Crippen LogP contribution in [0.3, 0.4) is 0 Å². The van der Waals surface area contributed by atoms with Crippen LogP contribution in [0.1, 0.15) is 67.2 Å². The van der Waals surface area contributed by atoms with Gasteiger partial charge in [0.25, 0.3) is 0 Å². The largest absolute Gasteiger partial charge is 0.353 e. The molecular formula is C18H28N2. The Morgan fingerprint density at radius 1 is 1.05 bits per heavy atom. The van der Waals surface area contributed by atoms with Crippen LogP contribution in [0.25, 0.3) is 0 Å². The van der Waals surface area contributed by atoms with Gasteiger partial charge in [-0.3, -0.25) is 4.99 Å². The lowest BCUT2D eigenvalue weighted by molar-refractivity contribution is 0.256. The Bertz CT molecular complexity index is 501. The van der Waals surface area contributed by atoms with Crippen LogP contribution in [0.2, 0.25) is 0 Å². The van der Waals surface area contributed by atoms with Gasteiger partial charge < -0.3 is 4.90 Å². The van der Waals surface area contributed by atoms with E-state index in [4.69, 9.17) is 4.99 Å². The molecule has 3 aliphatic heterocycles. The fraction of sp³-hybridized carbons (Fsp3) is 0.833. The van der Waals surface area contributed by atoms with Crippen molar-refractivity contribution in [3.8, 4) is 0 Å². The van der Waals surface area contributed by atoms with Crippen molar-refractivity contribution in [2.24, 2.45) is 15.8 Å². The van der Waals surface area contributed by atoms with Crippen molar-refractivity contribution in [3.05, 3.63) is 11.8 Å². The summed E-state index contributed by atoms with van der Waals surface area (Å²) < 4.78 is 0. The third kappa shape index (κ3) is 1.21. The van der Waals surface area contributed by atoms with Crippen molar-refractivity contribution in [2.45, 2.75) is 84.3 Å². The Labute approximate surface area is 123 Å². The lowest BCUT2D eigenvalue weighted by atomic mass is 9.71. The first-order valence-electron chi connectivity index (χ1n) is 8.26. The predicted molar refractivity (Wildman–Crippen MR) is 84.0 cm³/mol. The van der Waals surface area contributed by atoms with E-state index in [1.54, 1.807) is 5.70 Å². The van der Waals surface area contributed by atoms with Crippen LogP contribution < -0.4 is 0 Å². The molecule has 3 heterocycles. The van der Waals surface area contributed by atoms with E-state index >= 15 is 0 Å². The maximum absolute atomic E-state index is 5.36. The van der Waals surface area contributed by atoms with Crippen molar-refractivity contribution < 1.29 is 0 Å². The maximum Gasteiger partial charge on any atom is 0.106 e.